The number of carboxylic acids is 1. The maximum Gasteiger partial charge on any atom is 0.335 e. The van der Waals surface area contributed by atoms with Crippen molar-refractivity contribution in [3.63, 3.8) is 0 Å². The molecule has 4 heteroatoms. The number of aromatic nitrogens is 1. The third-order valence-electron chi connectivity index (χ3n) is 4.28. The second-order valence-electron chi connectivity index (χ2n) is 5.96. The van der Waals surface area contributed by atoms with Gasteiger partial charge >= 0.3 is 5.97 Å². The number of benzene rings is 2. The molecule has 0 saturated heterocycles. The minimum Gasteiger partial charge on any atom is -0.478 e. The van der Waals surface area contributed by atoms with Gasteiger partial charge in [-0.15, -0.1) is 0 Å². The highest BCUT2D eigenvalue weighted by atomic mass is 16.4. The zero-order valence-corrected chi connectivity index (χ0v) is 14.9. The van der Waals surface area contributed by atoms with Crippen molar-refractivity contribution in [2.75, 3.05) is 0 Å². The maximum atomic E-state index is 13.0. The number of carbonyl (C=O) groups excluding carboxylic acids is 1. The second-order valence-corrected chi connectivity index (χ2v) is 5.96. The normalized spacial score (nSPS) is 10.9. The number of ketones is 1. The second kappa shape index (κ2) is 7.70. The van der Waals surface area contributed by atoms with Crippen LogP contribution in [0.4, 0.5) is 0 Å². The number of allylic oxidation sites excluding steroid dienone is 1. The van der Waals surface area contributed by atoms with Gasteiger partial charge in [0.05, 0.1) is 11.3 Å². The van der Waals surface area contributed by atoms with Crippen LogP contribution >= 0.6 is 0 Å². The van der Waals surface area contributed by atoms with Gasteiger partial charge in [0, 0.05) is 28.6 Å². The molecule has 0 fully saturated rings. The number of hydrogen-bond acceptors (Lipinski definition) is 2. The van der Waals surface area contributed by atoms with E-state index in [4.69, 9.17) is 5.11 Å². The first-order valence-electron chi connectivity index (χ1n) is 8.50. The number of nitrogens with zero attached hydrogens (tertiary/aromatic N) is 1. The highest BCUT2D eigenvalue weighted by molar-refractivity contribution is 6.11. The molecule has 0 unspecified atom stereocenters. The molecule has 2 aromatic carbocycles. The van der Waals surface area contributed by atoms with Gasteiger partial charge in [-0.25, -0.2) is 4.79 Å². The summed E-state index contributed by atoms with van der Waals surface area (Å²) in [5, 5.41) is 9.09. The van der Waals surface area contributed by atoms with E-state index in [1.807, 2.05) is 41.8 Å². The predicted octanol–water partition coefficient (Wildman–Crippen LogP) is 5.08. The number of aromatic carboxylic acids is 1. The van der Waals surface area contributed by atoms with E-state index in [-0.39, 0.29) is 11.3 Å². The third kappa shape index (κ3) is 3.51. The molecule has 1 N–H and O–H groups in total. The van der Waals surface area contributed by atoms with Gasteiger partial charge in [0.25, 0.3) is 0 Å². The van der Waals surface area contributed by atoms with Gasteiger partial charge in [-0.1, -0.05) is 49.1 Å². The van der Waals surface area contributed by atoms with Crippen LogP contribution in [0.2, 0.25) is 0 Å². The molecule has 0 radical (unpaired) electrons. The van der Waals surface area contributed by atoms with E-state index >= 15 is 0 Å². The Morgan fingerprint density at radius 3 is 2.22 bits per heavy atom. The van der Waals surface area contributed by atoms with Crippen LogP contribution in [0.15, 0.2) is 73.4 Å². The Morgan fingerprint density at radius 2 is 1.67 bits per heavy atom. The molecule has 0 saturated carbocycles. The summed E-state index contributed by atoms with van der Waals surface area (Å²) < 4.78 is 1.85. The Labute approximate surface area is 157 Å². The summed E-state index contributed by atoms with van der Waals surface area (Å²) in [7, 11) is 0. The molecule has 0 aliphatic heterocycles. The van der Waals surface area contributed by atoms with Crippen LogP contribution in [0.3, 0.4) is 0 Å². The smallest absolute Gasteiger partial charge is 0.335 e. The fourth-order valence-electron chi connectivity index (χ4n) is 2.99. The SMILES string of the molecule is C=Cc1c(C=CC)c(C(=O)c2ccccc2)cn1-c1ccc(C(=O)O)cc1. The van der Waals surface area contributed by atoms with Crippen molar-refractivity contribution in [1.29, 1.82) is 0 Å². The lowest BCUT2D eigenvalue weighted by Gasteiger charge is -2.07. The van der Waals surface area contributed by atoms with E-state index in [0.717, 1.165) is 16.9 Å². The molecule has 1 aromatic heterocycles. The van der Waals surface area contributed by atoms with Crippen LogP contribution in [-0.2, 0) is 0 Å². The predicted molar refractivity (Wildman–Crippen MR) is 107 cm³/mol. The van der Waals surface area contributed by atoms with Crippen LogP contribution in [0.5, 0.6) is 0 Å². The van der Waals surface area contributed by atoms with E-state index in [1.165, 1.54) is 0 Å². The highest BCUT2D eigenvalue weighted by Gasteiger charge is 2.19. The summed E-state index contributed by atoms with van der Waals surface area (Å²) in [4.78, 5) is 24.1. The number of rotatable bonds is 6. The molecule has 4 nitrogen and oxygen atoms in total. The summed E-state index contributed by atoms with van der Waals surface area (Å²) in [5.74, 6) is -1.06. The lowest BCUT2D eigenvalue weighted by molar-refractivity contribution is 0.0696. The van der Waals surface area contributed by atoms with Crippen molar-refractivity contribution >= 4 is 23.9 Å². The van der Waals surface area contributed by atoms with Gasteiger partial charge in [0.15, 0.2) is 5.78 Å². The van der Waals surface area contributed by atoms with E-state index in [0.29, 0.717) is 11.1 Å². The van der Waals surface area contributed by atoms with Crippen molar-refractivity contribution in [2.45, 2.75) is 6.92 Å². The molecule has 0 atom stereocenters. The largest absolute Gasteiger partial charge is 0.478 e. The third-order valence-corrected chi connectivity index (χ3v) is 4.28. The Balaban J connectivity index is 2.17. The summed E-state index contributed by atoms with van der Waals surface area (Å²) in [5.41, 5.74) is 3.70. The zero-order chi connectivity index (χ0) is 19.4. The Hall–Kier alpha value is -3.66. The fraction of sp³-hybridized carbons (Fsp3) is 0.0435. The molecule has 3 aromatic rings. The molecule has 1 heterocycles. The van der Waals surface area contributed by atoms with Crippen LogP contribution in [0.1, 0.15) is 44.5 Å². The van der Waals surface area contributed by atoms with Crippen molar-refractivity contribution in [2.24, 2.45) is 0 Å². The Kier molecular flexibility index (Phi) is 5.18. The Morgan fingerprint density at radius 1 is 1.00 bits per heavy atom. The lowest BCUT2D eigenvalue weighted by atomic mass is 10.0. The van der Waals surface area contributed by atoms with Crippen LogP contribution < -0.4 is 0 Å². The summed E-state index contributed by atoms with van der Waals surface area (Å²) in [6.07, 6.45) is 7.23. The molecule has 27 heavy (non-hydrogen) atoms. The summed E-state index contributed by atoms with van der Waals surface area (Å²) in [6, 6.07) is 15.6. The first kappa shape index (κ1) is 18.1. The standard InChI is InChI=1S/C23H19NO3/c1-3-8-19-20(22(25)16-9-6-5-7-10-16)15-24(21(19)4-2)18-13-11-17(12-14-18)23(26)27/h3-15H,2H2,1H3,(H,26,27). The van der Waals surface area contributed by atoms with Gasteiger partial charge in [-0.05, 0) is 37.3 Å². The Bertz CT molecular complexity index is 1030. The van der Waals surface area contributed by atoms with Gasteiger partial charge in [0.2, 0.25) is 0 Å². The topological polar surface area (TPSA) is 59.3 Å². The first-order valence-corrected chi connectivity index (χ1v) is 8.50. The van der Waals surface area contributed by atoms with Gasteiger partial charge < -0.3 is 9.67 Å². The molecule has 0 aliphatic carbocycles. The molecule has 134 valence electrons. The number of carboxylic acid groups (broad SMARTS) is 1. The zero-order valence-electron chi connectivity index (χ0n) is 14.9. The van der Waals surface area contributed by atoms with Gasteiger partial charge in [0.1, 0.15) is 0 Å². The molecular formula is C23H19NO3. The van der Waals surface area contributed by atoms with Crippen LogP contribution in [0.25, 0.3) is 17.8 Å². The van der Waals surface area contributed by atoms with Crippen LogP contribution in [0, 0.1) is 0 Å². The van der Waals surface area contributed by atoms with E-state index < -0.39 is 5.97 Å². The maximum absolute atomic E-state index is 13.0. The monoisotopic (exact) mass is 357 g/mol. The number of carbonyl (C=O) groups is 2. The first-order chi connectivity index (χ1) is 13.1. The van der Waals surface area contributed by atoms with E-state index in [2.05, 4.69) is 6.58 Å². The van der Waals surface area contributed by atoms with Crippen molar-refractivity contribution in [1.82, 2.24) is 4.57 Å². The minimum absolute atomic E-state index is 0.0762. The van der Waals surface area contributed by atoms with Crippen molar-refractivity contribution in [3.8, 4) is 5.69 Å². The van der Waals surface area contributed by atoms with Crippen LogP contribution in [-0.4, -0.2) is 21.4 Å². The molecule has 3 rings (SSSR count). The van der Waals surface area contributed by atoms with E-state index in [1.54, 1.807) is 48.7 Å². The lowest BCUT2D eigenvalue weighted by Crippen LogP contribution is -2.01. The molecule has 0 spiro atoms. The fourth-order valence-corrected chi connectivity index (χ4v) is 2.99. The van der Waals surface area contributed by atoms with Gasteiger partial charge in [-0.3, -0.25) is 4.79 Å². The molecule has 0 aliphatic rings. The minimum atomic E-state index is -0.979. The van der Waals surface area contributed by atoms with Crippen molar-refractivity contribution in [3.05, 3.63) is 101 Å². The average molecular weight is 357 g/mol. The average Bonchev–Trinajstić information content (AvgIpc) is 3.06. The molecule has 0 amide bonds. The highest BCUT2D eigenvalue weighted by Crippen LogP contribution is 2.27. The number of hydrogen-bond donors (Lipinski definition) is 1. The van der Waals surface area contributed by atoms with E-state index in [9.17, 15) is 9.59 Å². The summed E-state index contributed by atoms with van der Waals surface area (Å²) >= 11 is 0. The quantitative estimate of drug-likeness (QED) is 0.626. The van der Waals surface area contributed by atoms with Gasteiger partial charge in [-0.2, -0.15) is 0 Å². The molecule has 0 bridgehead atoms. The molecular weight excluding hydrogens is 338 g/mol. The van der Waals surface area contributed by atoms with Crippen molar-refractivity contribution < 1.29 is 14.7 Å². The summed E-state index contributed by atoms with van der Waals surface area (Å²) in [6.45, 7) is 5.78.